The van der Waals surface area contributed by atoms with Gasteiger partial charge in [-0.1, -0.05) is 0 Å². The second kappa shape index (κ2) is 9.25. The van der Waals surface area contributed by atoms with Crippen molar-refractivity contribution < 1.29 is 4.79 Å². The Morgan fingerprint density at radius 1 is 1.17 bits per heavy atom. The molecule has 3 aromatic heterocycles. The monoisotopic (exact) mass is 409 g/mol. The number of aryl methyl sites for hydroxylation is 1. The Kier molecular flexibility index (Phi) is 6.06. The van der Waals surface area contributed by atoms with E-state index in [0.717, 1.165) is 25.2 Å². The molecule has 1 amide bonds. The number of nitrogens with zero attached hydrogens (tertiary/aromatic N) is 8. The van der Waals surface area contributed by atoms with Crippen molar-refractivity contribution in [3.63, 3.8) is 0 Å². The standard InChI is InChI=1S/C19H23N9O2/c29-18-5-1-9-22-27(18)11-3-8-21-19(30)15-4-2-10-26(12-15)16-6-7-17(25-24-16)28-14-20-13-23-28/h1,5-7,9,13-15H,2-4,8,10-12H2,(H,21,30). The molecule has 1 aliphatic heterocycles. The molecule has 1 unspecified atom stereocenters. The molecule has 30 heavy (non-hydrogen) atoms. The van der Waals surface area contributed by atoms with E-state index in [1.54, 1.807) is 23.3 Å². The number of nitrogens with one attached hydrogen (secondary N) is 1. The smallest absolute Gasteiger partial charge is 0.266 e. The van der Waals surface area contributed by atoms with Gasteiger partial charge in [-0.2, -0.15) is 10.2 Å². The largest absolute Gasteiger partial charge is 0.356 e. The summed E-state index contributed by atoms with van der Waals surface area (Å²) in [6.07, 6.45) is 6.99. The van der Waals surface area contributed by atoms with Gasteiger partial charge in [0.25, 0.3) is 5.56 Å². The average Bonchev–Trinajstić information content (AvgIpc) is 3.33. The van der Waals surface area contributed by atoms with Gasteiger partial charge in [-0.3, -0.25) is 9.59 Å². The van der Waals surface area contributed by atoms with Crippen LogP contribution in [0.25, 0.3) is 5.82 Å². The molecule has 1 aliphatic rings. The molecule has 0 aliphatic carbocycles. The molecule has 0 bridgehead atoms. The minimum Gasteiger partial charge on any atom is -0.356 e. The number of carbonyl (C=O) groups excluding carboxylic acids is 1. The number of piperidine rings is 1. The Morgan fingerprint density at radius 2 is 2.03 bits per heavy atom. The van der Waals surface area contributed by atoms with E-state index >= 15 is 0 Å². The summed E-state index contributed by atoms with van der Waals surface area (Å²) in [5, 5.41) is 19.5. The van der Waals surface area contributed by atoms with Gasteiger partial charge in [0.1, 0.15) is 12.7 Å². The first-order valence-electron chi connectivity index (χ1n) is 9.94. The normalized spacial score (nSPS) is 16.4. The fourth-order valence-electron chi connectivity index (χ4n) is 3.47. The van der Waals surface area contributed by atoms with Crippen molar-refractivity contribution in [3.05, 3.63) is 53.5 Å². The minimum atomic E-state index is -0.136. The van der Waals surface area contributed by atoms with Crippen LogP contribution in [-0.4, -0.2) is 60.3 Å². The molecular formula is C19H23N9O2. The summed E-state index contributed by atoms with van der Waals surface area (Å²) in [5.74, 6) is 1.26. The third-order valence-corrected chi connectivity index (χ3v) is 5.04. The van der Waals surface area contributed by atoms with Crippen LogP contribution in [0.1, 0.15) is 19.3 Å². The molecule has 1 fully saturated rings. The number of anilines is 1. The van der Waals surface area contributed by atoms with Crippen LogP contribution in [0.2, 0.25) is 0 Å². The topological polar surface area (TPSA) is 124 Å². The van der Waals surface area contributed by atoms with E-state index in [9.17, 15) is 9.59 Å². The number of amides is 1. The van der Waals surface area contributed by atoms with E-state index in [-0.39, 0.29) is 17.4 Å². The van der Waals surface area contributed by atoms with Crippen molar-refractivity contribution >= 4 is 11.7 Å². The lowest BCUT2D eigenvalue weighted by molar-refractivity contribution is -0.125. The van der Waals surface area contributed by atoms with Crippen LogP contribution in [0.3, 0.4) is 0 Å². The predicted octanol–water partition coefficient (Wildman–Crippen LogP) is 0.0369. The summed E-state index contributed by atoms with van der Waals surface area (Å²) in [6, 6.07) is 6.81. The van der Waals surface area contributed by atoms with Crippen LogP contribution in [0.5, 0.6) is 0 Å². The van der Waals surface area contributed by atoms with E-state index in [1.807, 2.05) is 12.1 Å². The molecule has 1 N–H and O–H groups in total. The average molecular weight is 409 g/mol. The van der Waals surface area contributed by atoms with E-state index < -0.39 is 0 Å². The number of carbonyl (C=O) groups is 1. The van der Waals surface area contributed by atoms with Gasteiger partial charge in [-0.05, 0) is 37.5 Å². The van der Waals surface area contributed by atoms with Gasteiger partial charge in [0.2, 0.25) is 5.91 Å². The fourth-order valence-corrected chi connectivity index (χ4v) is 3.47. The molecular weight excluding hydrogens is 386 g/mol. The second-order valence-electron chi connectivity index (χ2n) is 7.10. The van der Waals surface area contributed by atoms with Crippen molar-refractivity contribution in [1.82, 2.24) is 40.1 Å². The predicted molar refractivity (Wildman–Crippen MR) is 108 cm³/mol. The van der Waals surface area contributed by atoms with Crippen molar-refractivity contribution in [2.75, 3.05) is 24.5 Å². The zero-order valence-corrected chi connectivity index (χ0v) is 16.5. The third-order valence-electron chi connectivity index (χ3n) is 5.04. The van der Waals surface area contributed by atoms with Crippen molar-refractivity contribution in [2.45, 2.75) is 25.8 Å². The van der Waals surface area contributed by atoms with E-state index in [0.29, 0.717) is 31.9 Å². The lowest BCUT2D eigenvalue weighted by Crippen LogP contribution is -2.43. The highest BCUT2D eigenvalue weighted by Gasteiger charge is 2.26. The number of aromatic nitrogens is 7. The molecule has 0 radical (unpaired) electrons. The van der Waals surface area contributed by atoms with Gasteiger partial charge in [0, 0.05) is 38.4 Å². The molecule has 11 heteroatoms. The highest BCUT2D eigenvalue weighted by atomic mass is 16.2. The van der Waals surface area contributed by atoms with Crippen LogP contribution in [0.15, 0.2) is 47.9 Å². The zero-order valence-electron chi connectivity index (χ0n) is 16.5. The summed E-state index contributed by atoms with van der Waals surface area (Å²) >= 11 is 0. The van der Waals surface area contributed by atoms with Crippen LogP contribution >= 0.6 is 0 Å². The van der Waals surface area contributed by atoms with E-state index in [1.165, 1.54) is 17.1 Å². The Hall–Kier alpha value is -3.63. The molecule has 1 saturated heterocycles. The second-order valence-corrected chi connectivity index (χ2v) is 7.10. The van der Waals surface area contributed by atoms with Gasteiger partial charge in [0.15, 0.2) is 11.6 Å². The molecule has 0 saturated carbocycles. The van der Waals surface area contributed by atoms with E-state index in [4.69, 9.17) is 0 Å². The quantitative estimate of drug-likeness (QED) is 0.543. The Balaban J connectivity index is 1.27. The minimum absolute atomic E-state index is 0.0280. The first-order valence-corrected chi connectivity index (χ1v) is 9.94. The van der Waals surface area contributed by atoms with Crippen LogP contribution < -0.4 is 15.8 Å². The lowest BCUT2D eigenvalue weighted by Gasteiger charge is -2.32. The van der Waals surface area contributed by atoms with Crippen LogP contribution in [0, 0.1) is 5.92 Å². The number of rotatable bonds is 7. The maximum Gasteiger partial charge on any atom is 0.266 e. The molecule has 4 heterocycles. The summed E-state index contributed by atoms with van der Waals surface area (Å²) in [4.78, 5) is 30.2. The Labute approximate surface area is 172 Å². The summed E-state index contributed by atoms with van der Waals surface area (Å²) in [6.45, 7) is 2.42. The van der Waals surface area contributed by atoms with Gasteiger partial charge in [-0.25, -0.2) is 14.3 Å². The molecule has 0 aromatic carbocycles. The lowest BCUT2D eigenvalue weighted by atomic mass is 9.97. The van der Waals surface area contributed by atoms with Gasteiger partial charge < -0.3 is 10.2 Å². The van der Waals surface area contributed by atoms with Gasteiger partial charge >= 0.3 is 0 Å². The Bertz CT molecular complexity index is 1020. The SMILES string of the molecule is O=C(NCCCn1ncccc1=O)C1CCCN(c2ccc(-n3cncn3)nn2)C1. The number of hydrogen-bond acceptors (Lipinski definition) is 8. The van der Waals surface area contributed by atoms with E-state index in [2.05, 4.69) is 35.6 Å². The summed E-state index contributed by atoms with van der Waals surface area (Å²) in [5.41, 5.74) is -0.136. The zero-order chi connectivity index (χ0) is 20.8. The van der Waals surface area contributed by atoms with Crippen LogP contribution in [-0.2, 0) is 11.3 Å². The van der Waals surface area contributed by atoms with Gasteiger partial charge in [0.05, 0.1) is 5.92 Å². The first-order chi connectivity index (χ1) is 14.7. The number of hydrogen-bond donors (Lipinski definition) is 1. The maximum atomic E-state index is 12.6. The third kappa shape index (κ3) is 4.67. The van der Waals surface area contributed by atoms with Gasteiger partial charge in [-0.15, -0.1) is 10.2 Å². The Morgan fingerprint density at radius 3 is 2.80 bits per heavy atom. The van der Waals surface area contributed by atoms with Crippen molar-refractivity contribution in [3.8, 4) is 5.82 Å². The molecule has 11 nitrogen and oxygen atoms in total. The molecule has 3 aromatic rings. The highest BCUT2D eigenvalue weighted by Crippen LogP contribution is 2.21. The molecule has 1 atom stereocenters. The molecule has 4 rings (SSSR count). The summed E-state index contributed by atoms with van der Waals surface area (Å²) < 4.78 is 2.94. The fraction of sp³-hybridized carbons (Fsp3) is 0.421. The summed E-state index contributed by atoms with van der Waals surface area (Å²) in [7, 11) is 0. The molecule has 0 spiro atoms. The van der Waals surface area contributed by atoms with Crippen LogP contribution in [0.4, 0.5) is 5.82 Å². The van der Waals surface area contributed by atoms with Crippen molar-refractivity contribution in [1.29, 1.82) is 0 Å². The first kappa shape index (κ1) is 19.7. The maximum absolute atomic E-state index is 12.6. The molecule has 156 valence electrons. The highest BCUT2D eigenvalue weighted by molar-refractivity contribution is 5.79. The van der Waals surface area contributed by atoms with Crippen molar-refractivity contribution in [2.24, 2.45) is 5.92 Å².